The summed E-state index contributed by atoms with van der Waals surface area (Å²) in [6.45, 7) is 0.381. The van der Waals surface area contributed by atoms with Crippen LogP contribution in [0.2, 0.25) is 0 Å². The molecule has 0 saturated carbocycles. The topological polar surface area (TPSA) is 83.6 Å². The Bertz CT molecular complexity index is 1060. The Balaban J connectivity index is 1.96. The number of nitrogens with one attached hydrogen (secondary N) is 1. The predicted molar refractivity (Wildman–Crippen MR) is 102 cm³/mol. The van der Waals surface area contributed by atoms with Crippen LogP contribution in [0.15, 0.2) is 53.4 Å². The fraction of sp³-hybridized carbons (Fsp3) is 0.222. The van der Waals surface area contributed by atoms with Gasteiger partial charge in [0.2, 0.25) is 10.0 Å². The second-order valence-corrected chi connectivity index (χ2v) is 9.49. The minimum absolute atomic E-state index is 0.228. The molecule has 2 aromatic rings. The van der Waals surface area contributed by atoms with Gasteiger partial charge in [-0.3, -0.25) is 9.03 Å². The molecule has 0 radical (unpaired) electrons. The Morgan fingerprint density at radius 1 is 1.08 bits per heavy atom. The molecule has 6 nitrogen and oxygen atoms in total. The van der Waals surface area contributed by atoms with Gasteiger partial charge in [-0.05, 0) is 48.7 Å². The molecular weight excluding hydrogens is 372 g/mol. The van der Waals surface area contributed by atoms with Crippen molar-refractivity contribution in [3.05, 3.63) is 54.1 Å². The van der Waals surface area contributed by atoms with Crippen LogP contribution in [0.25, 0.3) is 0 Å². The van der Waals surface area contributed by atoms with Gasteiger partial charge in [0.15, 0.2) is 0 Å². The van der Waals surface area contributed by atoms with Gasteiger partial charge >= 0.3 is 0 Å². The van der Waals surface area contributed by atoms with Crippen LogP contribution >= 0.6 is 0 Å². The molecule has 0 spiro atoms. The molecule has 2 aromatic carbocycles. The highest BCUT2D eigenvalue weighted by Gasteiger charge is 2.29. The van der Waals surface area contributed by atoms with Gasteiger partial charge in [0, 0.05) is 12.2 Å². The Kier molecular flexibility index (Phi) is 4.94. The van der Waals surface area contributed by atoms with E-state index in [1.807, 2.05) is 0 Å². The van der Waals surface area contributed by atoms with E-state index in [1.54, 1.807) is 48.5 Å². The lowest BCUT2D eigenvalue weighted by Gasteiger charge is -2.30. The summed E-state index contributed by atoms with van der Waals surface area (Å²) in [6.07, 6.45) is 6.38. The van der Waals surface area contributed by atoms with E-state index in [0.29, 0.717) is 30.8 Å². The van der Waals surface area contributed by atoms with Crippen LogP contribution in [-0.2, 0) is 26.5 Å². The van der Waals surface area contributed by atoms with E-state index in [2.05, 4.69) is 10.6 Å². The number of rotatable bonds is 5. The van der Waals surface area contributed by atoms with Crippen LogP contribution in [0.1, 0.15) is 12.0 Å². The van der Waals surface area contributed by atoms with Gasteiger partial charge in [-0.25, -0.2) is 16.8 Å². The molecule has 136 valence electrons. The molecule has 3 rings (SSSR count). The average molecular weight is 390 g/mol. The van der Waals surface area contributed by atoms with E-state index in [-0.39, 0.29) is 4.90 Å². The molecule has 0 bridgehead atoms. The second kappa shape index (κ2) is 7.02. The Morgan fingerprint density at radius 2 is 1.81 bits per heavy atom. The molecule has 0 atom stereocenters. The summed E-state index contributed by atoms with van der Waals surface area (Å²) in [5.41, 5.74) is 1.72. The van der Waals surface area contributed by atoms with Gasteiger partial charge in [-0.2, -0.15) is 0 Å². The number of hydrogen-bond acceptors (Lipinski definition) is 4. The van der Waals surface area contributed by atoms with Crippen molar-refractivity contribution in [1.29, 1.82) is 0 Å². The van der Waals surface area contributed by atoms with E-state index in [4.69, 9.17) is 6.42 Å². The molecule has 0 amide bonds. The number of hydrogen-bond donors (Lipinski definition) is 1. The number of terminal acetylenes is 1. The standard InChI is InChI=1S/C18H18N2O4S2/c1-2-13-25(21,22)19-16-10-11-18-15(14-16)7-6-12-20(18)26(23,24)17-8-4-3-5-9-17/h1,3-5,8-11,14,19H,6-7,12-13H2. The molecule has 1 N–H and O–H groups in total. The maximum atomic E-state index is 12.9. The normalized spacial score (nSPS) is 14.3. The van der Waals surface area contributed by atoms with Crippen LogP contribution in [-0.4, -0.2) is 29.1 Å². The van der Waals surface area contributed by atoms with Crippen molar-refractivity contribution in [2.24, 2.45) is 0 Å². The summed E-state index contributed by atoms with van der Waals surface area (Å²) in [5.74, 6) is 1.68. The van der Waals surface area contributed by atoms with E-state index in [9.17, 15) is 16.8 Å². The molecule has 26 heavy (non-hydrogen) atoms. The number of benzene rings is 2. The number of sulfonamides is 2. The quantitative estimate of drug-likeness (QED) is 0.794. The lowest BCUT2D eigenvalue weighted by molar-refractivity contribution is 0.586. The third kappa shape index (κ3) is 3.69. The van der Waals surface area contributed by atoms with E-state index < -0.39 is 25.8 Å². The Morgan fingerprint density at radius 3 is 2.50 bits per heavy atom. The fourth-order valence-corrected chi connectivity index (χ4v) is 5.26. The van der Waals surface area contributed by atoms with Gasteiger partial charge in [0.25, 0.3) is 10.0 Å². The van der Waals surface area contributed by atoms with Crippen molar-refractivity contribution in [3.63, 3.8) is 0 Å². The first-order chi connectivity index (χ1) is 12.3. The fourth-order valence-electron chi connectivity index (χ4n) is 2.92. The summed E-state index contributed by atoms with van der Waals surface area (Å²) < 4.78 is 53.3. The SMILES string of the molecule is C#CCS(=O)(=O)Nc1ccc2c(c1)CCCN2S(=O)(=O)c1ccccc1. The minimum Gasteiger partial charge on any atom is -0.283 e. The highest BCUT2D eigenvalue weighted by atomic mass is 32.2. The molecule has 0 saturated heterocycles. The van der Waals surface area contributed by atoms with Crippen molar-refractivity contribution in [1.82, 2.24) is 0 Å². The number of nitrogens with zero attached hydrogens (tertiary/aromatic N) is 1. The van der Waals surface area contributed by atoms with Crippen molar-refractivity contribution >= 4 is 31.4 Å². The van der Waals surface area contributed by atoms with Gasteiger partial charge in [0.1, 0.15) is 5.75 Å². The lowest BCUT2D eigenvalue weighted by atomic mass is 10.0. The zero-order valence-corrected chi connectivity index (χ0v) is 15.6. The predicted octanol–water partition coefficient (Wildman–Crippen LogP) is 2.20. The first-order valence-electron chi connectivity index (χ1n) is 7.98. The van der Waals surface area contributed by atoms with Crippen LogP contribution in [0.4, 0.5) is 11.4 Å². The summed E-state index contributed by atoms with van der Waals surface area (Å²) >= 11 is 0. The number of aryl methyl sites for hydroxylation is 1. The minimum atomic E-state index is -3.66. The smallest absolute Gasteiger partial charge is 0.264 e. The lowest BCUT2D eigenvalue weighted by Crippen LogP contribution is -2.35. The summed E-state index contributed by atoms with van der Waals surface area (Å²) in [5, 5.41) is 0. The van der Waals surface area contributed by atoms with E-state index in [1.165, 1.54) is 4.31 Å². The molecule has 1 aliphatic heterocycles. The zero-order chi connectivity index (χ0) is 18.8. The Hall–Kier alpha value is -2.50. The third-order valence-corrected chi connectivity index (χ3v) is 6.95. The molecule has 1 aliphatic rings. The van der Waals surface area contributed by atoms with Crippen LogP contribution in [0.3, 0.4) is 0 Å². The van der Waals surface area contributed by atoms with Gasteiger partial charge < -0.3 is 0 Å². The Labute approximate surface area is 154 Å². The van der Waals surface area contributed by atoms with Crippen LogP contribution in [0, 0.1) is 12.3 Å². The highest BCUT2D eigenvalue weighted by Crippen LogP contribution is 2.33. The van der Waals surface area contributed by atoms with E-state index in [0.717, 1.165) is 5.56 Å². The second-order valence-electron chi connectivity index (χ2n) is 5.90. The van der Waals surface area contributed by atoms with Crippen LogP contribution < -0.4 is 9.03 Å². The maximum Gasteiger partial charge on any atom is 0.264 e. The average Bonchev–Trinajstić information content (AvgIpc) is 2.61. The van der Waals surface area contributed by atoms with Crippen molar-refractivity contribution in [2.45, 2.75) is 17.7 Å². The summed E-state index contributed by atoms with van der Waals surface area (Å²) in [7, 11) is -7.28. The zero-order valence-electron chi connectivity index (χ0n) is 13.9. The summed E-state index contributed by atoms with van der Waals surface area (Å²) in [4.78, 5) is 0.228. The molecule has 0 aromatic heterocycles. The highest BCUT2D eigenvalue weighted by molar-refractivity contribution is 7.93. The van der Waals surface area contributed by atoms with Crippen molar-refractivity contribution in [3.8, 4) is 12.3 Å². The van der Waals surface area contributed by atoms with Crippen LogP contribution in [0.5, 0.6) is 0 Å². The van der Waals surface area contributed by atoms with Gasteiger partial charge in [-0.1, -0.05) is 24.1 Å². The summed E-state index contributed by atoms with van der Waals surface area (Å²) in [6, 6.07) is 13.1. The molecule has 1 heterocycles. The molecular formula is C18H18N2O4S2. The first kappa shape index (κ1) is 18.3. The van der Waals surface area contributed by atoms with Crippen molar-refractivity contribution < 1.29 is 16.8 Å². The van der Waals surface area contributed by atoms with Gasteiger partial charge in [-0.15, -0.1) is 6.42 Å². The molecule has 8 heteroatoms. The number of fused-ring (bicyclic) bond motifs is 1. The molecule has 0 unspecified atom stereocenters. The monoisotopic (exact) mass is 390 g/mol. The molecule has 0 aliphatic carbocycles. The van der Waals surface area contributed by atoms with E-state index >= 15 is 0 Å². The largest absolute Gasteiger partial charge is 0.283 e. The first-order valence-corrected chi connectivity index (χ1v) is 11.1. The molecule has 0 fully saturated rings. The number of anilines is 2. The maximum absolute atomic E-state index is 12.9. The third-order valence-electron chi connectivity index (χ3n) is 4.03. The van der Waals surface area contributed by atoms with Crippen molar-refractivity contribution in [2.75, 3.05) is 21.3 Å². The van der Waals surface area contributed by atoms with Gasteiger partial charge in [0.05, 0.1) is 10.6 Å².